The third-order valence-corrected chi connectivity index (χ3v) is 4.53. The quantitative estimate of drug-likeness (QED) is 0.462. The Morgan fingerprint density at radius 3 is 2.40 bits per heavy atom. The summed E-state index contributed by atoms with van der Waals surface area (Å²) in [6, 6.07) is 0. The summed E-state index contributed by atoms with van der Waals surface area (Å²) in [6.07, 6.45) is 3.60. The van der Waals surface area contributed by atoms with E-state index in [1.165, 1.54) is 0 Å². The molecule has 1 aliphatic heterocycles. The van der Waals surface area contributed by atoms with Crippen LogP contribution in [0.2, 0.25) is 0 Å². The molecule has 0 radical (unpaired) electrons. The number of rotatable bonds is 5. The van der Waals surface area contributed by atoms with Crippen LogP contribution >= 0.6 is 0 Å². The first-order valence-electron chi connectivity index (χ1n) is 6.94. The number of aliphatic carboxylic acids is 1. The lowest BCUT2D eigenvalue weighted by atomic mass is 9.71. The van der Waals surface area contributed by atoms with Crippen molar-refractivity contribution in [2.45, 2.75) is 38.5 Å². The van der Waals surface area contributed by atoms with Crippen molar-refractivity contribution >= 4 is 24.2 Å². The van der Waals surface area contributed by atoms with Gasteiger partial charge in [0.05, 0.1) is 18.3 Å². The highest BCUT2D eigenvalue weighted by Crippen LogP contribution is 2.40. The van der Waals surface area contributed by atoms with Gasteiger partial charge in [0.25, 0.3) is 0 Å². The van der Waals surface area contributed by atoms with Gasteiger partial charge >= 0.3 is 17.9 Å². The highest BCUT2D eigenvalue weighted by atomic mass is 16.6. The van der Waals surface area contributed by atoms with Crippen LogP contribution in [0, 0.1) is 23.7 Å². The Kier molecular flexibility index (Phi) is 4.52. The molecule has 0 aromatic carbocycles. The summed E-state index contributed by atoms with van der Waals surface area (Å²) in [5, 5.41) is 9.13. The number of aldehydes is 1. The van der Waals surface area contributed by atoms with Gasteiger partial charge in [-0.25, -0.2) is 0 Å². The lowest BCUT2D eigenvalue weighted by Crippen LogP contribution is -2.31. The highest BCUT2D eigenvalue weighted by molar-refractivity contribution is 5.94. The Labute approximate surface area is 116 Å². The number of carboxylic acid groups (broad SMARTS) is 1. The van der Waals surface area contributed by atoms with Gasteiger partial charge in [-0.3, -0.25) is 14.4 Å². The number of hydrogen-bond donors (Lipinski definition) is 1. The van der Waals surface area contributed by atoms with Crippen molar-refractivity contribution in [3.8, 4) is 0 Å². The summed E-state index contributed by atoms with van der Waals surface area (Å²) >= 11 is 0. The van der Waals surface area contributed by atoms with Gasteiger partial charge in [0.1, 0.15) is 6.29 Å². The SMILES string of the molecule is O=CCC(C(=O)O)C1CCC(C2CC(=O)OC2=O)CC1. The van der Waals surface area contributed by atoms with Crippen molar-refractivity contribution in [3.05, 3.63) is 0 Å². The van der Waals surface area contributed by atoms with Crippen LogP contribution in [0.3, 0.4) is 0 Å². The van der Waals surface area contributed by atoms with E-state index < -0.39 is 23.8 Å². The molecule has 20 heavy (non-hydrogen) atoms. The smallest absolute Gasteiger partial charge is 0.317 e. The predicted octanol–water partition coefficient (Wildman–Crippen LogP) is 1.17. The Bertz CT molecular complexity index is 411. The summed E-state index contributed by atoms with van der Waals surface area (Å²) in [5.74, 6) is -2.77. The molecule has 0 bridgehead atoms. The van der Waals surface area contributed by atoms with Crippen LogP contribution in [0.1, 0.15) is 38.5 Å². The molecule has 2 aliphatic rings. The normalized spacial score (nSPS) is 31.7. The molecule has 1 aliphatic carbocycles. The standard InChI is InChI=1S/C14H18O6/c15-6-5-10(13(17)18)8-1-3-9(4-2-8)11-7-12(16)20-14(11)19/h6,8-11H,1-5,7H2,(H,17,18). The molecule has 1 saturated heterocycles. The number of hydrogen-bond acceptors (Lipinski definition) is 5. The molecular weight excluding hydrogens is 264 g/mol. The first-order valence-corrected chi connectivity index (χ1v) is 6.94. The van der Waals surface area contributed by atoms with Crippen LogP contribution in [-0.2, 0) is 23.9 Å². The summed E-state index contributed by atoms with van der Waals surface area (Å²) in [7, 11) is 0. The average molecular weight is 282 g/mol. The number of carboxylic acids is 1. The summed E-state index contributed by atoms with van der Waals surface area (Å²) < 4.78 is 4.56. The van der Waals surface area contributed by atoms with Crippen molar-refractivity contribution < 1.29 is 29.0 Å². The number of carbonyl (C=O) groups excluding carboxylic acids is 3. The van der Waals surface area contributed by atoms with Gasteiger partial charge in [-0.1, -0.05) is 0 Å². The largest absolute Gasteiger partial charge is 0.481 e. The van der Waals surface area contributed by atoms with E-state index in [0.717, 1.165) is 0 Å². The highest BCUT2D eigenvalue weighted by Gasteiger charge is 2.42. The third-order valence-electron chi connectivity index (χ3n) is 4.53. The van der Waals surface area contributed by atoms with Gasteiger partial charge in [-0.2, -0.15) is 0 Å². The zero-order chi connectivity index (χ0) is 14.7. The fraction of sp³-hybridized carbons (Fsp3) is 0.714. The van der Waals surface area contributed by atoms with E-state index in [0.29, 0.717) is 32.0 Å². The number of ether oxygens (including phenoxy) is 1. The van der Waals surface area contributed by atoms with Crippen LogP contribution in [0.15, 0.2) is 0 Å². The monoisotopic (exact) mass is 282 g/mol. The summed E-state index contributed by atoms with van der Waals surface area (Å²) in [6.45, 7) is 0. The van der Waals surface area contributed by atoms with E-state index >= 15 is 0 Å². The van der Waals surface area contributed by atoms with E-state index in [4.69, 9.17) is 5.11 Å². The van der Waals surface area contributed by atoms with E-state index in [1.54, 1.807) is 0 Å². The van der Waals surface area contributed by atoms with E-state index in [1.807, 2.05) is 0 Å². The molecule has 1 heterocycles. The van der Waals surface area contributed by atoms with Gasteiger partial charge in [-0.05, 0) is 37.5 Å². The lowest BCUT2D eigenvalue weighted by Gasteiger charge is -2.32. The van der Waals surface area contributed by atoms with Crippen LogP contribution in [-0.4, -0.2) is 29.3 Å². The van der Waals surface area contributed by atoms with Crippen LogP contribution < -0.4 is 0 Å². The average Bonchev–Trinajstić information content (AvgIpc) is 2.75. The minimum Gasteiger partial charge on any atom is -0.481 e. The zero-order valence-corrected chi connectivity index (χ0v) is 11.1. The molecule has 110 valence electrons. The lowest BCUT2D eigenvalue weighted by molar-refractivity contribution is -0.154. The van der Waals surface area contributed by atoms with Gasteiger partial charge in [0.15, 0.2) is 0 Å². The molecule has 2 rings (SSSR count). The van der Waals surface area contributed by atoms with Gasteiger partial charge in [-0.15, -0.1) is 0 Å². The van der Waals surface area contributed by atoms with Crippen molar-refractivity contribution in [3.63, 3.8) is 0 Å². The molecule has 1 saturated carbocycles. The van der Waals surface area contributed by atoms with Crippen molar-refractivity contribution in [2.24, 2.45) is 23.7 Å². The number of cyclic esters (lactones) is 2. The second-order valence-corrected chi connectivity index (χ2v) is 5.63. The second kappa shape index (κ2) is 6.15. The minimum absolute atomic E-state index is 0.0259. The molecule has 6 nitrogen and oxygen atoms in total. The Balaban J connectivity index is 1.91. The van der Waals surface area contributed by atoms with Crippen LogP contribution in [0.4, 0.5) is 0 Å². The van der Waals surface area contributed by atoms with E-state index in [-0.39, 0.29) is 30.6 Å². The zero-order valence-electron chi connectivity index (χ0n) is 11.1. The molecule has 0 spiro atoms. The Morgan fingerprint density at radius 2 is 1.95 bits per heavy atom. The van der Waals surface area contributed by atoms with Crippen LogP contribution in [0.25, 0.3) is 0 Å². The molecule has 6 heteroatoms. The number of carbonyl (C=O) groups is 4. The predicted molar refractivity (Wildman–Crippen MR) is 66.5 cm³/mol. The van der Waals surface area contributed by atoms with Crippen molar-refractivity contribution in [1.29, 1.82) is 0 Å². The molecule has 0 aromatic heterocycles. The summed E-state index contributed by atoms with van der Waals surface area (Å²) in [5.41, 5.74) is 0. The molecule has 2 unspecified atom stereocenters. The van der Waals surface area contributed by atoms with Gasteiger partial charge < -0.3 is 14.6 Å². The summed E-state index contributed by atoms with van der Waals surface area (Å²) in [4.78, 5) is 44.3. The molecule has 2 atom stereocenters. The maximum Gasteiger partial charge on any atom is 0.317 e. The molecule has 0 aromatic rings. The van der Waals surface area contributed by atoms with Gasteiger partial charge in [0, 0.05) is 6.42 Å². The first-order chi connectivity index (χ1) is 9.52. The first kappa shape index (κ1) is 14.7. The maximum atomic E-state index is 11.5. The van der Waals surface area contributed by atoms with Crippen molar-refractivity contribution in [1.82, 2.24) is 0 Å². The molecule has 1 N–H and O–H groups in total. The van der Waals surface area contributed by atoms with Crippen molar-refractivity contribution in [2.75, 3.05) is 0 Å². The fourth-order valence-corrected chi connectivity index (χ4v) is 3.40. The topological polar surface area (TPSA) is 97.7 Å². The van der Waals surface area contributed by atoms with Gasteiger partial charge in [0.2, 0.25) is 0 Å². The van der Waals surface area contributed by atoms with Crippen LogP contribution in [0.5, 0.6) is 0 Å². The second-order valence-electron chi connectivity index (χ2n) is 5.63. The van der Waals surface area contributed by atoms with E-state index in [2.05, 4.69) is 4.74 Å². The third kappa shape index (κ3) is 3.05. The molecule has 0 amide bonds. The molecule has 2 fully saturated rings. The molecular formula is C14H18O6. The maximum absolute atomic E-state index is 11.5. The number of esters is 2. The Hall–Kier alpha value is -1.72. The fourth-order valence-electron chi connectivity index (χ4n) is 3.40. The minimum atomic E-state index is -0.934. The van der Waals surface area contributed by atoms with E-state index in [9.17, 15) is 19.2 Å². The Morgan fingerprint density at radius 1 is 1.30 bits per heavy atom.